The topological polar surface area (TPSA) is 52.4 Å². The third-order valence-corrected chi connectivity index (χ3v) is 3.09. The van der Waals surface area contributed by atoms with E-state index in [0.717, 1.165) is 10.0 Å². The Balaban J connectivity index is 2.46. The molecule has 2 rings (SSSR count). The van der Waals surface area contributed by atoms with Crippen LogP contribution in [0.2, 0.25) is 0 Å². The van der Waals surface area contributed by atoms with Crippen molar-refractivity contribution in [1.82, 2.24) is 0 Å². The Morgan fingerprint density at radius 2 is 1.89 bits per heavy atom. The lowest BCUT2D eigenvalue weighted by Crippen LogP contribution is -1.95. The second-order valence-electron chi connectivity index (χ2n) is 3.71. The van der Waals surface area contributed by atoms with Crippen LogP contribution in [0, 0.1) is 17.0 Å². The van der Waals surface area contributed by atoms with Crippen molar-refractivity contribution in [1.29, 1.82) is 0 Å². The molecule has 0 spiro atoms. The van der Waals surface area contributed by atoms with Crippen molar-refractivity contribution in [2.24, 2.45) is 0 Å². The van der Waals surface area contributed by atoms with E-state index in [-0.39, 0.29) is 11.4 Å². The molecule has 0 aliphatic rings. The molecule has 0 saturated heterocycles. The molecular formula is C13H10BrNO3. The lowest BCUT2D eigenvalue weighted by atomic mass is 10.2. The molecule has 2 aromatic carbocycles. The minimum absolute atomic E-state index is 0.0363. The van der Waals surface area contributed by atoms with Crippen LogP contribution in [0.25, 0.3) is 0 Å². The third kappa shape index (κ3) is 2.51. The van der Waals surface area contributed by atoms with Gasteiger partial charge in [0, 0.05) is 6.07 Å². The molecule has 4 nitrogen and oxygen atoms in total. The number of hydrogen-bond acceptors (Lipinski definition) is 3. The van der Waals surface area contributed by atoms with Crippen LogP contribution < -0.4 is 4.74 Å². The van der Waals surface area contributed by atoms with Gasteiger partial charge in [0.1, 0.15) is 5.75 Å². The molecule has 0 radical (unpaired) electrons. The normalized spacial score (nSPS) is 10.1. The highest BCUT2D eigenvalue weighted by atomic mass is 79.9. The molecule has 0 aliphatic carbocycles. The zero-order valence-electron chi connectivity index (χ0n) is 9.59. The van der Waals surface area contributed by atoms with Crippen molar-refractivity contribution in [2.45, 2.75) is 6.92 Å². The largest absolute Gasteiger partial charge is 0.449 e. The molecule has 0 saturated carbocycles. The second-order valence-corrected chi connectivity index (χ2v) is 4.57. The van der Waals surface area contributed by atoms with Crippen LogP contribution in [-0.2, 0) is 0 Å². The van der Waals surface area contributed by atoms with E-state index in [1.165, 1.54) is 6.07 Å². The molecule has 0 bridgehead atoms. The van der Waals surface area contributed by atoms with Gasteiger partial charge in [0.15, 0.2) is 0 Å². The first-order chi connectivity index (χ1) is 8.59. The maximum absolute atomic E-state index is 11.0. The molecule has 0 aliphatic heterocycles. The van der Waals surface area contributed by atoms with Crippen LogP contribution in [0.4, 0.5) is 5.69 Å². The number of halogens is 1. The van der Waals surface area contributed by atoms with Crippen LogP contribution in [0.3, 0.4) is 0 Å². The number of hydrogen-bond donors (Lipinski definition) is 0. The SMILES string of the molecule is Cc1cccc([N+](=O)[O-])c1Oc1ccccc1Br. The molecule has 0 amide bonds. The number of nitrogens with zero attached hydrogens (tertiary/aromatic N) is 1. The Hall–Kier alpha value is -1.88. The van der Waals surface area contributed by atoms with E-state index in [9.17, 15) is 10.1 Å². The van der Waals surface area contributed by atoms with Crippen molar-refractivity contribution in [3.8, 4) is 11.5 Å². The van der Waals surface area contributed by atoms with Gasteiger partial charge in [0.05, 0.1) is 9.40 Å². The highest BCUT2D eigenvalue weighted by molar-refractivity contribution is 9.10. The summed E-state index contributed by atoms with van der Waals surface area (Å²) in [5.41, 5.74) is 0.686. The lowest BCUT2D eigenvalue weighted by Gasteiger charge is -2.10. The van der Waals surface area contributed by atoms with Crippen molar-refractivity contribution in [3.05, 3.63) is 62.6 Å². The van der Waals surface area contributed by atoms with Crippen molar-refractivity contribution in [3.63, 3.8) is 0 Å². The summed E-state index contributed by atoms with van der Waals surface area (Å²) in [6.45, 7) is 1.78. The molecule has 0 fully saturated rings. The van der Waals surface area contributed by atoms with E-state index in [2.05, 4.69) is 15.9 Å². The average Bonchev–Trinajstić information content (AvgIpc) is 2.34. The predicted octanol–water partition coefficient (Wildman–Crippen LogP) is 4.46. The molecular weight excluding hydrogens is 298 g/mol. The number of para-hydroxylation sites is 2. The molecule has 0 unspecified atom stereocenters. The molecule has 18 heavy (non-hydrogen) atoms. The highest BCUT2D eigenvalue weighted by Crippen LogP contribution is 2.36. The predicted molar refractivity (Wildman–Crippen MR) is 72.0 cm³/mol. The van der Waals surface area contributed by atoms with Crippen molar-refractivity contribution in [2.75, 3.05) is 0 Å². The first-order valence-corrected chi connectivity index (χ1v) is 6.05. The van der Waals surface area contributed by atoms with Crippen LogP contribution in [0.5, 0.6) is 11.5 Å². The Morgan fingerprint density at radius 3 is 2.56 bits per heavy atom. The fraction of sp³-hybridized carbons (Fsp3) is 0.0769. The number of aryl methyl sites for hydroxylation is 1. The van der Waals surface area contributed by atoms with Gasteiger partial charge in [-0.2, -0.15) is 0 Å². The monoisotopic (exact) mass is 307 g/mol. The zero-order chi connectivity index (χ0) is 13.1. The highest BCUT2D eigenvalue weighted by Gasteiger charge is 2.18. The van der Waals surface area contributed by atoms with Crippen LogP contribution in [-0.4, -0.2) is 4.92 Å². The van der Waals surface area contributed by atoms with Gasteiger partial charge >= 0.3 is 5.69 Å². The minimum Gasteiger partial charge on any atom is -0.449 e. The molecule has 2 aromatic rings. The summed E-state index contributed by atoms with van der Waals surface area (Å²) in [4.78, 5) is 10.5. The summed E-state index contributed by atoms with van der Waals surface area (Å²) in [5.74, 6) is 0.823. The quantitative estimate of drug-likeness (QED) is 0.621. The zero-order valence-corrected chi connectivity index (χ0v) is 11.2. The summed E-state index contributed by atoms with van der Waals surface area (Å²) in [7, 11) is 0. The minimum atomic E-state index is -0.445. The smallest absolute Gasteiger partial charge is 0.311 e. The third-order valence-electron chi connectivity index (χ3n) is 2.44. The van der Waals surface area contributed by atoms with Crippen molar-refractivity contribution >= 4 is 21.6 Å². The summed E-state index contributed by atoms with van der Waals surface area (Å²) >= 11 is 3.35. The number of nitro benzene ring substituents is 1. The first-order valence-electron chi connectivity index (χ1n) is 5.26. The van der Waals surface area contributed by atoms with Crippen LogP contribution >= 0.6 is 15.9 Å². The fourth-order valence-corrected chi connectivity index (χ4v) is 1.92. The fourth-order valence-electron chi connectivity index (χ4n) is 1.55. The van der Waals surface area contributed by atoms with Crippen LogP contribution in [0.1, 0.15) is 5.56 Å². The summed E-state index contributed by atoms with van der Waals surface area (Å²) in [6, 6.07) is 12.1. The van der Waals surface area contributed by atoms with Crippen LogP contribution in [0.15, 0.2) is 46.9 Å². The van der Waals surface area contributed by atoms with Gasteiger partial charge < -0.3 is 4.74 Å². The summed E-state index contributed by atoms with van der Waals surface area (Å²) in [5, 5.41) is 11.0. The number of nitro groups is 1. The van der Waals surface area contributed by atoms with E-state index in [1.54, 1.807) is 25.1 Å². The Kier molecular flexibility index (Phi) is 3.62. The van der Waals surface area contributed by atoms with Gasteiger partial charge in [0.25, 0.3) is 0 Å². The number of ether oxygens (including phenoxy) is 1. The van der Waals surface area contributed by atoms with E-state index in [1.807, 2.05) is 18.2 Å². The number of benzene rings is 2. The maximum Gasteiger partial charge on any atom is 0.311 e. The van der Waals surface area contributed by atoms with Gasteiger partial charge in [-0.05, 0) is 40.5 Å². The first kappa shape index (κ1) is 12.6. The summed E-state index contributed by atoms with van der Waals surface area (Å²) in [6.07, 6.45) is 0. The van der Waals surface area contributed by atoms with Gasteiger partial charge in [0.2, 0.25) is 5.75 Å². The van der Waals surface area contributed by atoms with E-state index < -0.39 is 4.92 Å². The molecule has 5 heteroatoms. The van der Waals surface area contributed by atoms with E-state index >= 15 is 0 Å². The molecule has 0 aromatic heterocycles. The molecule has 0 heterocycles. The van der Waals surface area contributed by atoms with Gasteiger partial charge in [-0.15, -0.1) is 0 Å². The number of rotatable bonds is 3. The van der Waals surface area contributed by atoms with Gasteiger partial charge in [-0.25, -0.2) is 0 Å². The van der Waals surface area contributed by atoms with Gasteiger partial charge in [-0.1, -0.05) is 24.3 Å². The molecule has 0 atom stereocenters. The molecule has 0 N–H and O–H groups in total. The second kappa shape index (κ2) is 5.18. The molecule has 92 valence electrons. The Morgan fingerprint density at radius 1 is 1.17 bits per heavy atom. The average molecular weight is 308 g/mol. The van der Waals surface area contributed by atoms with Crippen molar-refractivity contribution < 1.29 is 9.66 Å². The van der Waals surface area contributed by atoms with E-state index in [4.69, 9.17) is 4.74 Å². The maximum atomic E-state index is 11.0. The summed E-state index contributed by atoms with van der Waals surface area (Å²) < 4.78 is 6.40. The Labute approximate surface area is 112 Å². The van der Waals surface area contributed by atoms with E-state index in [0.29, 0.717) is 5.75 Å². The standard InChI is InChI=1S/C13H10BrNO3/c1-9-5-4-7-11(15(16)17)13(9)18-12-8-3-2-6-10(12)14/h2-8H,1H3. The van der Waals surface area contributed by atoms with Gasteiger partial charge in [-0.3, -0.25) is 10.1 Å². The Bertz CT molecular complexity index is 599. The lowest BCUT2D eigenvalue weighted by molar-refractivity contribution is -0.385.